The molecule has 1 aromatic heterocycles. The molecule has 2 aliphatic rings. The highest BCUT2D eigenvalue weighted by molar-refractivity contribution is 5.35. The van der Waals surface area contributed by atoms with E-state index < -0.39 is 0 Å². The lowest BCUT2D eigenvalue weighted by Gasteiger charge is -2.37. The molecule has 0 spiro atoms. The monoisotopic (exact) mass is 367 g/mol. The number of likely N-dealkylation sites (tertiary alicyclic amines) is 1. The van der Waals surface area contributed by atoms with Crippen molar-refractivity contribution >= 4 is 5.82 Å². The number of para-hydroxylation sites is 1. The van der Waals surface area contributed by atoms with E-state index in [9.17, 15) is 0 Å². The third kappa shape index (κ3) is 4.58. The molecule has 6 heteroatoms. The lowest BCUT2D eigenvalue weighted by Crippen LogP contribution is -2.47. The highest BCUT2D eigenvalue weighted by atomic mass is 16.5. The molecule has 4 rings (SSSR count). The van der Waals surface area contributed by atoms with E-state index >= 15 is 0 Å². The number of nitrogens with one attached hydrogen (secondary N) is 2. The van der Waals surface area contributed by atoms with Crippen LogP contribution in [0.2, 0.25) is 0 Å². The Balaban J connectivity index is 1.33. The molecule has 3 unspecified atom stereocenters. The van der Waals surface area contributed by atoms with Gasteiger partial charge in [0.05, 0.1) is 0 Å². The van der Waals surface area contributed by atoms with E-state index in [2.05, 4.69) is 26.8 Å². The average molecular weight is 367 g/mol. The number of nitrogens with zero attached hydrogens (tertiary/aromatic N) is 2. The van der Waals surface area contributed by atoms with E-state index in [1.807, 2.05) is 42.6 Å². The van der Waals surface area contributed by atoms with Crippen molar-refractivity contribution in [1.29, 1.82) is 0 Å². The van der Waals surface area contributed by atoms with Crippen molar-refractivity contribution in [2.45, 2.75) is 24.8 Å². The predicted octanol–water partition coefficient (Wildman–Crippen LogP) is 2.01. The van der Waals surface area contributed by atoms with Gasteiger partial charge >= 0.3 is 0 Å². The maximum Gasteiger partial charge on any atom is 0.123 e. The third-order valence-corrected chi connectivity index (χ3v) is 5.73. The van der Waals surface area contributed by atoms with E-state index in [1.165, 1.54) is 18.4 Å². The molecule has 4 N–H and O–H groups in total. The van der Waals surface area contributed by atoms with Gasteiger partial charge in [-0.1, -0.05) is 18.2 Å². The molecule has 2 aliphatic heterocycles. The fourth-order valence-corrected chi connectivity index (χ4v) is 4.38. The smallest absolute Gasteiger partial charge is 0.123 e. The molecule has 3 heterocycles. The fraction of sp³-hybridized carbons (Fsp3) is 0.476. The van der Waals surface area contributed by atoms with Crippen LogP contribution < -0.4 is 21.3 Å². The first-order chi connectivity index (χ1) is 13.3. The second kappa shape index (κ2) is 8.69. The highest BCUT2D eigenvalue weighted by Crippen LogP contribution is 2.31. The first-order valence-electron chi connectivity index (χ1n) is 9.89. The molecule has 0 aliphatic carbocycles. The molecule has 0 saturated carbocycles. The first kappa shape index (κ1) is 18.2. The Hall–Kier alpha value is -2.15. The molecule has 2 aromatic rings. The molecule has 1 aromatic carbocycles. The molecule has 0 radical (unpaired) electrons. The summed E-state index contributed by atoms with van der Waals surface area (Å²) in [7, 11) is 0. The number of anilines is 1. The van der Waals surface area contributed by atoms with Crippen molar-refractivity contribution < 1.29 is 4.74 Å². The molecule has 27 heavy (non-hydrogen) atoms. The minimum Gasteiger partial charge on any atom is -0.492 e. The summed E-state index contributed by atoms with van der Waals surface area (Å²) in [4.78, 5) is 6.67. The minimum absolute atomic E-state index is 0.421. The number of nitrogen functional groups attached to an aromatic ring is 1. The third-order valence-electron chi connectivity index (χ3n) is 5.73. The van der Waals surface area contributed by atoms with Gasteiger partial charge in [-0.3, -0.25) is 15.8 Å². The summed E-state index contributed by atoms with van der Waals surface area (Å²) in [5.74, 6) is 2.59. The molecule has 2 fully saturated rings. The Kier molecular flexibility index (Phi) is 5.87. The van der Waals surface area contributed by atoms with Gasteiger partial charge in [0.15, 0.2) is 0 Å². The fourth-order valence-electron chi connectivity index (χ4n) is 4.38. The topological polar surface area (TPSA) is 75.4 Å². The zero-order valence-corrected chi connectivity index (χ0v) is 15.7. The van der Waals surface area contributed by atoms with Crippen LogP contribution in [0.4, 0.5) is 5.82 Å². The molecule has 0 amide bonds. The number of pyridine rings is 1. The zero-order valence-electron chi connectivity index (χ0n) is 15.7. The lowest BCUT2D eigenvalue weighted by atomic mass is 9.81. The number of nitrogens with two attached hydrogens (primary N) is 1. The number of benzene rings is 1. The van der Waals surface area contributed by atoms with Gasteiger partial charge in [0, 0.05) is 37.8 Å². The standard InChI is InChI=1S/C21H29N5O/c22-20-13-16(8-9-23-20)19-14-24-25-21(19)17-5-4-10-26(15-17)11-12-27-18-6-2-1-3-7-18/h1-3,6-9,13,17,19,21,24-25H,4-5,10-12,14-15H2,(H2,22,23). The zero-order chi connectivity index (χ0) is 18.5. The van der Waals surface area contributed by atoms with E-state index in [4.69, 9.17) is 10.5 Å². The Labute approximate surface area is 161 Å². The number of aromatic nitrogens is 1. The summed E-state index contributed by atoms with van der Waals surface area (Å²) >= 11 is 0. The van der Waals surface area contributed by atoms with Crippen LogP contribution in [0.1, 0.15) is 24.3 Å². The Morgan fingerprint density at radius 2 is 2.11 bits per heavy atom. The SMILES string of the molecule is Nc1cc(C2CNNC2C2CCCN(CCOc3ccccc3)C2)ccn1. The average Bonchev–Trinajstić information content (AvgIpc) is 3.19. The van der Waals surface area contributed by atoms with E-state index in [1.54, 1.807) is 0 Å². The highest BCUT2D eigenvalue weighted by Gasteiger charge is 2.36. The second-order valence-electron chi connectivity index (χ2n) is 7.54. The van der Waals surface area contributed by atoms with Gasteiger partial charge in [-0.25, -0.2) is 4.98 Å². The van der Waals surface area contributed by atoms with E-state index in [0.29, 0.717) is 23.7 Å². The maximum atomic E-state index is 5.90. The van der Waals surface area contributed by atoms with Crippen molar-refractivity contribution in [3.05, 3.63) is 54.2 Å². The molecular formula is C21H29N5O. The molecule has 2 saturated heterocycles. The quantitative estimate of drug-likeness (QED) is 0.725. The second-order valence-corrected chi connectivity index (χ2v) is 7.54. The lowest BCUT2D eigenvalue weighted by molar-refractivity contribution is 0.126. The van der Waals surface area contributed by atoms with Gasteiger partial charge in [-0.05, 0) is 55.1 Å². The number of hydrogen-bond donors (Lipinski definition) is 3. The molecule has 144 valence electrons. The summed E-state index contributed by atoms with van der Waals surface area (Å²) in [5, 5.41) is 0. The van der Waals surface area contributed by atoms with Crippen LogP contribution in [0.15, 0.2) is 48.7 Å². The van der Waals surface area contributed by atoms with Crippen LogP contribution in [-0.4, -0.2) is 48.7 Å². The van der Waals surface area contributed by atoms with Gasteiger partial charge in [0.1, 0.15) is 18.2 Å². The van der Waals surface area contributed by atoms with Crippen LogP contribution in [0.3, 0.4) is 0 Å². The summed E-state index contributed by atoms with van der Waals surface area (Å²) in [6.07, 6.45) is 4.31. The minimum atomic E-state index is 0.421. The van der Waals surface area contributed by atoms with Crippen LogP contribution in [0, 0.1) is 5.92 Å². The van der Waals surface area contributed by atoms with Gasteiger partial charge in [-0.15, -0.1) is 0 Å². The Morgan fingerprint density at radius 3 is 2.96 bits per heavy atom. The number of rotatable bonds is 6. The van der Waals surface area contributed by atoms with Crippen molar-refractivity contribution in [1.82, 2.24) is 20.7 Å². The summed E-state index contributed by atoms with van der Waals surface area (Å²) in [6.45, 7) is 4.90. The number of ether oxygens (including phenoxy) is 1. The van der Waals surface area contributed by atoms with Gasteiger partial charge < -0.3 is 10.5 Å². The van der Waals surface area contributed by atoms with Crippen LogP contribution >= 0.6 is 0 Å². The Morgan fingerprint density at radius 1 is 1.22 bits per heavy atom. The first-order valence-corrected chi connectivity index (χ1v) is 9.89. The molecular weight excluding hydrogens is 338 g/mol. The number of piperidine rings is 1. The number of hydrazine groups is 1. The normalized spacial score (nSPS) is 26.1. The summed E-state index contributed by atoms with van der Waals surface area (Å²) in [5.41, 5.74) is 14.1. The van der Waals surface area contributed by atoms with Crippen LogP contribution in [0.25, 0.3) is 0 Å². The van der Waals surface area contributed by atoms with Gasteiger partial charge in [0.2, 0.25) is 0 Å². The number of hydrogen-bond acceptors (Lipinski definition) is 6. The van der Waals surface area contributed by atoms with Crippen molar-refractivity contribution in [3.63, 3.8) is 0 Å². The van der Waals surface area contributed by atoms with Gasteiger partial charge in [0.25, 0.3) is 0 Å². The van der Waals surface area contributed by atoms with Crippen molar-refractivity contribution in [3.8, 4) is 5.75 Å². The molecule has 0 bridgehead atoms. The van der Waals surface area contributed by atoms with Gasteiger partial charge in [-0.2, -0.15) is 0 Å². The van der Waals surface area contributed by atoms with Crippen LogP contribution in [0.5, 0.6) is 5.75 Å². The maximum absolute atomic E-state index is 5.90. The summed E-state index contributed by atoms with van der Waals surface area (Å²) < 4.78 is 5.88. The van der Waals surface area contributed by atoms with E-state index in [-0.39, 0.29) is 0 Å². The van der Waals surface area contributed by atoms with E-state index in [0.717, 1.165) is 38.5 Å². The van der Waals surface area contributed by atoms with Crippen LogP contribution in [-0.2, 0) is 0 Å². The largest absolute Gasteiger partial charge is 0.492 e. The van der Waals surface area contributed by atoms with Crippen molar-refractivity contribution in [2.24, 2.45) is 5.92 Å². The van der Waals surface area contributed by atoms with Crippen molar-refractivity contribution in [2.75, 3.05) is 38.5 Å². The molecule has 3 atom stereocenters. The predicted molar refractivity (Wildman–Crippen MR) is 107 cm³/mol. The summed E-state index contributed by atoms with van der Waals surface area (Å²) in [6, 6.07) is 14.6. The Bertz CT molecular complexity index is 726. The molecule has 6 nitrogen and oxygen atoms in total.